The van der Waals surface area contributed by atoms with Gasteiger partial charge in [-0.25, -0.2) is 18.3 Å². The van der Waals surface area contributed by atoms with Crippen molar-refractivity contribution in [1.29, 1.82) is 0 Å². The van der Waals surface area contributed by atoms with Gasteiger partial charge in [0, 0.05) is 105 Å². The molecular weight excluding hydrogens is 745 g/mol. The van der Waals surface area contributed by atoms with Crippen LogP contribution >= 0.6 is 31.3 Å². The predicted molar refractivity (Wildman–Crippen MR) is 57.1 cm³/mol. The van der Waals surface area contributed by atoms with E-state index in [0.29, 0.717) is 0 Å². The smallest absolute Gasteiger partial charge is 0.303 e. The quantitative estimate of drug-likeness (QED) is 0.106. The second-order valence-electron chi connectivity index (χ2n) is 2.05. The molecule has 12 N–H and O–H groups in total. The van der Waals surface area contributed by atoms with E-state index < -0.39 is 31.3 Å². The monoisotopic (exact) mass is 752 g/mol. The Morgan fingerprint density at radius 3 is 0.292 bits per heavy atom. The summed E-state index contributed by atoms with van der Waals surface area (Å²) in [4.78, 5) is 86.2. The van der Waals surface area contributed by atoms with Crippen molar-refractivity contribution in [3.8, 4) is 0 Å². The zero-order valence-electron chi connectivity index (χ0n) is 10.8. The molecule has 0 aromatic heterocycles. The van der Waals surface area contributed by atoms with E-state index in [0.717, 1.165) is 0 Å². The van der Waals surface area contributed by atoms with Crippen molar-refractivity contribution in [3.05, 3.63) is 0 Å². The first-order valence-corrected chi connectivity index (χ1v) is 9.39. The average molecular weight is 757 g/mol. The van der Waals surface area contributed by atoms with Crippen molar-refractivity contribution in [2.24, 2.45) is 0 Å². The molecule has 24 heteroatoms. The van der Waals surface area contributed by atoms with Crippen LogP contribution in [0.3, 0.4) is 0 Å². The molecule has 0 spiro atoms. The Kier molecular flexibility index (Phi) is 49.4. The van der Waals surface area contributed by atoms with Gasteiger partial charge in [-0.05, 0) is 0 Å². The SMILES string of the molecule is O=P(O)(O)O.O=P(O)(O)O.O=P(O)(O)O.O=P(O)(O)O.[Zr].[Zr].[Zr].[Zr]. The van der Waals surface area contributed by atoms with Gasteiger partial charge in [0.05, 0.1) is 0 Å². The fourth-order valence-corrected chi connectivity index (χ4v) is 0. The van der Waals surface area contributed by atoms with Crippen molar-refractivity contribution in [3.63, 3.8) is 0 Å². The summed E-state index contributed by atoms with van der Waals surface area (Å²) in [5.74, 6) is 0. The number of phosphoric acid groups is 4. The summed E-state index contributed by atoms with van der Waals surface area (Å²) in [7, 11) is -18.6. The summed E-state index contributed by atoms with van der Waals surface area (Å²) >= 11 is 0. The Morgan fingerprint density at radius 1 is 0.292 bits per heavy atom. The molecule has 0 aliphatic carbocycles. The molecule has 0 atom stereocenters. The van der Waals surface area contributed by atoms with Gasteiger partial charge in [0.1, 0.15) is 0 Å². The van der Waals surface area contributed by atoms with E-state index in [-0.39, 0.29) is 105 Å². The van der Waals surface area contributed by atoms with Crippen LogP contribution in [0.2, 0.25) is 0 Å². The molecule has 16 nitrogen and oxygen atoms in total. The Bertz CT molecular complexity index is 295. The van der Waals surface area contributed by atoms with Gasteiger partial charge in [0.15, 0.2) is 0 Å². The van der Waals surface area contributed by atoms with E-state index in [1.165, 1.54) is 0 Å². The van der Waals surface area contributed by atoms with Crippen LogP contribution in [0.15, 0.2) is 0 Å². The van der Waals surface area contributed by atoms with E-state index in [2.05, 4.69) is 0 Å². The molecule has 0 heterocycles. The second kappa shape index (κ2) is 23.3. The first-order chi connectivity index (χ1) is 8.00. The minimum atomic E-state index is -4.64. The van der Waals surface area contributed by atoms with Gasteiger partial charge in [-0.1, -0.05) is 0 Å². The average Bonchev–Trinajstić information content (AvgIpc) is 1.62. The third-order valence-electron chi connectivity index (χ3n) is 0. The first kappa shape index (κ1) is 51.0. The number of rotatable bonds is 0. The summed E-state index contributed by atoms with van der Waals surface area (Å²) < 4.78 is 35.5. The van der Waals surface area contributed by atoms with Crippen molar-refractivity contribution < 1.29 is 182 Å². The molecule has 0 rings (SSSR count). The van der Waals surface area contributed by atoms with E-state index in [1.807, 2.05) is 0 Å². The molecule has 0 fully saturated rings. The molecular formula is H12O16P4Zr4. The van der Waals surface area contributed by atoms with Gasteiger partial charge >= 0.3 is 31.3 Å². The Labute approximate surface area is 210 Å². The summed E-state index contributed by atoms with van der Waals surface area (Å²) in [5.41, 5.74) is 0. The number of hydrogen-bond donors (Lipinski definition) is 12. The van der Waals surface area contributed by atoms with Crippen LogP contribution in [0.4, 0.5) is 0 Å². The third-order valence-corrected chi connectivity index (χ3v) is 0. The maximum Gasteiger partial charge on any atom is 0.466 e. The van der Waals surface area contributed by atoms with Gasteiger partial charge in [0.2, 0.25) is 0 Å². The molecule has 0 bridgehead atoms. The second-order valence-corrected chi connectivity index (χ2v) is 6.16. The Morgan fingerprint density at radius 2 is 0.292 bits per heavy atom. The fourth-order valence-electron chi connectivity index (χ4n) is 0. The van der Waals surface area contributed by atoms with Crippen molar-refractivity contribution in [2.45, 2.75) is 0 Å². The molecule has 0 unspecified atom stereocenters. The molecule has 0 saturated carbocycles. The van der Waals surface area contributed by atoms with Gasteiger partial charge in [-0.3, -0.25) is 0 Å². The molecule has 24 heavy (non-hydrogen) atoms. The summed E-state index contributed by atoms with van der Waals surface area (Å²) in [5, 5.41) is 0. The maximum absolute atomic E-state index is 8.88. The topological polar surface area (TPSA) is 311 Å². The largest absolute Gasteiger partial charge is 0.466 e. The zero-order valence-corrected chi connectivity index (χ0v) is 24.2. The van der Waals surface area contributed by atoms with Crippen LogP contribution in [0.25, 0.3) is 0 Å². The maximum atomic E-state index is 8.88. The number of hydrogen-bond acceptors (Lipinski definition) is 4. The molecule has 0 amide bonds. The van der Waals surface area contributed by atoms with E-state index >= 15 is 0 Å². The summed E-state index contributed by atoms with van der Waals surface area (Å²) in [6, 6.07) is 0. The minimum Gasteiger partial charge on any atom is -0.303 e. The van der Waals surface area contributed by atoms with Crippen LogP contribution in [0.1, 0.15) is 0 Å². The van der Waals surface area contributed by atoms with Crippen molar-refractivity contribution >= 4 is 31.3 Å². The molecule has 0 aliphatic heterocycles. The molecule has 144 valence electrons. The minimum absolute atomic E-state index is 0. The Hall–Kier alpha value is 3.97. The van der Waals surface area contributed by atoms with Gasteiger partial charge in [-0.2, -0.15) is 0 Å². The summed E-state index contributed by atoms with van der Waals surface area (Å²) in [6.45, 7) is 0. The first-order valence-electron chi connectivity index (χ1n) is 3.13. The van der Waals surface area contributed by atoms with Crippen LogP contribution in [0.5, 0.6) is 0 Å². The van der Waals surface area contributed by atoms with E-state index in [1.54, 1.807) is 0 Å². The molecule has 0 aliphatic rings. The Balaban J connectivity index is -0.0000000225. The van der Waals surface area contributed by atoms with E-state index in [9.17, 15) is 0 Å². The van der Waals surface area contributed by atoms with Crippen LogP contribution < -0.4 is 0 Å². The van der Waals surface area contributed by atoms with Crippen LogP contribution in [-0.4, -0.2) is 58.7 Å². The van der Waals surface area contributed by atoms with Crippen molar-refractivity contribution in [1.82, 2.24) is 0 Å². The fraction of sp³-hybridized carbons (Fsp3) is 0. The molecule has 0 saturated heterocycles. The molecule has 0 radical (unpaired) electrons. The van der Waals surface area contributed by atoms with Gasteiger partial charge < -0.3 is 58.7 Å². The molecule has 0 aromatic carbocycles. The summed E-state index contributed by atoms with van der Waals surface area (Å²) in [6.07, 6.45) is 0. The normalized spacial score (nSPS) is 9.83. The standard InChI is InChI=1S/4H3O4P.4Zr/c4*1-5(2,3)4;;;;/h4*(H3,1,2,3,4);;;;. The van der Waals surface area contributed by atoms with Gasteiger partial charge in [-0.15, -0.1) is 0 Å². The van der Waals surface area contributed by atoms with Gasteiger partial charge in [0.25, 0.3) is 0 Å². The van der Waals surface area contributed by atoms with Crippen LogP contribution in [-0.2, 0) is 123 Å². The van der Waals surface area contributed by atoms with Crippen LogP contribution in [0, 0.1) is 0 Å². The van der Waals surface area contributed by atoms with Crippen molar-refractivity contribution in [2.75, 3.05) is 0 Å². The zero-order chi connectivity index (χ0) is 18.0. The van der Waals surface area contributed by atoms with E-state index in [4.69, 9.17) is 77.0 Å². The predicted octanol–water partition coefficient (Wildman–Crippen LogP) is -3.72. The third kappa shape index (κ3) is 1030. The molecule has 0 aromatic rings.